The number of piperidine rings is 1. The number of fused-ring (bicyclic) bond motifs is 1. The molecule has 6 rings (SSSR count). The molecule has 1 atom stereocenters. The Morgan fingerprint density at radius 3 is 2.66 bits per heavy atom. The third-order valence-electron chi connectivity index (χ3n) is 7.40. The van der Waals surface area contributed by atoms with E-state index in [9.17, 15) is 18.3 Å². The van der Waals surface area contributed by atoms with Crippen LogP contribution in [0.5, 0.6) is 5.88 Å². The number of hydrogen-bond acceptors (Lipinski definition) is 9. The summed E-state index contributed by atoms with van der Waals surface area (Å²) in [6.45, 7) is 6.66. The smallest absolute Gasteiger partial charge is 0.407 e. The Morgan fingerprint density at radius 2 is 1.91 bits per heavy atom. The summed E-state index contributed by atoms with van der Waals surface area (Å²) >= 11 is 1.36. The average molecular weight is 633 g/mol. The van der Waals surface area contributed by atoms with Crippen LogP contribution >= 0.6 is 11.3 Å². The van der Waals surface area contributed by atoms with E-state index in [4.69, 9.17) is 9.72 Å². The van der Waals surface area contributed by atoms with Gasteiger partial charge < -0.3 is 20.1 Å². The number of anilines is 1. The number of ether oxygens (including phenoxy) is 1. The van der Waals surface area contributed by atoms with Gasteiger partial charge in [0.2, 0.25) is 11.0 Å². The summed E-state index contributed by atoms with van der Waals surface area (Å²) in [6, 6.07) is 17.7. The molecule has 3 aromatic heterocycles. The van der Waals surface area contributed by atoms with Crippen molar-refractivity contribution in [1.82, 2.24) is 24.1 Å². The quantitative estimate of drug-likeness (QED) is 0.207. The van der Waals surface area contributed by atoms with Crippen molar-refractivity contribution in [2.45, 2.75) is 50.7 Å². The zero-order valence-electron chi connectivity index (χ0n) is 24.5. The lowest BCUT2D eigenvalue weighted by Gasteiger charge is -2.30. The highest BCUT2D eigenvalue weighted by molar-refractivity contribution is 7.90. The Bertz CT molecular complexity index is 1930. The van der Waals surface area contributed by atoms with E-state index in [0.717, 1.165) is 24.0 Å². The van der Waals surface area contributed by atoms with E-state index in [1.54, 1.807) is 42.6 Å². The second kappa shape index (κ2) is 11.9. The number of pyridine rings is 1. The fourth-order valence-electron chi connectivity index (χ4n) is 5.27. The first-order chi connectivity index (χ1) is 21.1. The monoisotopic (exact) mass is 632 g/mol. The van der Waals surface area contributed by atoms with E-state index < -0.39 is 16.1 Å². The molecule has 0 saturated carbocycles. The number of rotatable bonds is 8. The minimum absolute atomic E-state index is 0.0536. The molecule has 0 bridgehead atoms. The summed E-state index contributed by atoms with van der Waals surface area (Å²) in [7, 11) is -3.92. The second-order valence-electron chi connectivity index (χ2n) is 11.0. The number of benzene rings is 2. The first kappa shape index (κ1) is 29.6. The summed E-state index contributed by atoms with van der Waals surface area (Å²) < 4.78 is 34.9. The predicted molar refractivity (Wildman–Crippen MR) is 170 cm³/mol. The molecule has 1 aliphatic heterocycles. The Balaban J connectivity index is 1.41. The van der Waals surface area contributed by atoms with E-state index >= 15 is 0 Å². The molecule has 1 amide bonds. The maximum Gasteiger partial charge on any atom is 0.407 e. The second-order valence-corrected chi connectivity index (χ2v) is 13.8. The summed E-state index contributed by atoms with van der Waals surface area (Å²) in [4.78, 5) is 17.7. The van der Waals surface area contributed by atoms with Crippen LogP contribution in [0.3, 0.4) is 0 Å². The van der Waals surface area contributed by atoms with Crippen molar-refractivity contribution in [3.05, 3.63) is 72.4 Å². The van der Waals surface area contributed by atoms with Crippen LogP contribution in [0, 0.1) is 6.92 Å². The van der Waals surface area contributed by atoms with Gasteiger partial charge in [-0.1, -0.05) is 35.1 Å². The Morgan fingerprint density at radius 1 is 1.11 bits per heavy atom. The lowest BCUT2D eigenvalue weighted by atomic mass is 10.1. The van der Waals surface area contributed by atoms with Crippen molar-refractivity contribution in [2.24, 2.45) is 0 Å². The highest BCUT2D eigenvalue weighted by Gasteiger charge is 2.25. The van der Waals surface area contributed by atoms with Crippen LogP contribution in [-0.4, -0.2) is 68.9 Å². The zero-order valence-corrected chi connectivity index (χ0v) is 26.1. The van der Waals surface area contributed by atoms with Gasteiger partial charge in [-0.15, -0.1) is 10.2 Å². The minimum Gasteiger partial charge on any atom is -0.475 e. The predicted octanol–water partition coefficient (Wildman–Crippen LogP) is 6.11. The molecule has 4 heterocycles. The molecule has 1 unspecified atom stereocenters. The topological polar surface area (TPSA) is 140 Å². The van der Waals surface area contributed by atoms with Crippen LogP contribution in [0.2, 0.25) is 0 Å². The number of nitrogens with one attached hydrogen (secondary N) is 1. The number of aryl methyl sites for hydroxylation is 1. The zero-order chi connectivity index (χ0) is 31.0. The average Bonchev–Trinajstić information content (AvgIpc) is 3.62. The molecule has 11 nitrogen and oxygen atoms in total. The van der Waals surface area contributed by atoms with E-state index in [2.05, 4.69) is 15.5 Å². The molecule has 1 saturated heterocycles. The fraction of sp³-hybridized carbons (Fsp3) is 0.290. The van der Waals surface area contributed by atoms with Crippen LogP contribution < -0.4 is 10.1 Å². The van der Waals surface area contributed by atoms with Gasteiger partial charge in [0.15, 0.2) is 0 Å². The minimum atomic E-state index is -3.92. The molecular weight excluding hydrogens is 601 g/mol. The van der Waals surface area contributed by atoms with E-state index in [1.807, 2.05) is 45.0 Å². The number of hydrogen-bond donors (Lipinski definition) is 2. The van der Waals surface area contributed by atoms with Crippen molar-refractivity contribution in [3.8, 4) is 27.7 Å². The van der Waals surface area contributed by atoms with Crippen molar-refractivity contribution >= 4 is 43.5 Å². The largest absolute Gasteiger partial charge is 0.475 e. The third kappa shape index (κ3) is 5.97. The Labute approximate surface area is 259 Å². The maximum atomic E-state index is 13.9. The third-order valence-corrected chi connectivity index (χ3v) is 9.99. The van der Waals surface area contributed by atoms with Gasteiger partial charge >= 0.3 is 6.09 Å². The standard InChI is InChI=1S/C31H32N6O5S2/c1-19(2)42-28-8-4-7-26(33-28)25-18-37(44(40,41)23-12-9-20(3)10-13-23)27-14-11-21(16-24(25)27)29-34-35-30(43-29)32-22-6-5-15-36(17-22)31(38)39/h4,7-14,16,18-19,22H,5-6,15,17H2,1-3H3,(H,32,35)(H,38,39). The lowest BCUT2D eigenvalue weighted by Crippen LogP contribution is -2.44. The number of carboxylic acid groups (broad SMARTS) is 1. The Hall–Kier alpha value is -4.49. The van der Waals surface area contributed by atoms with E-state index in [0.29, 0.717) is 51.3 Å². The van der Waals surface area contributed by atoms with Gasteiger partial charge in [0.05, 0.1) is 22.2 Å². The van der Waals surface area contributed by atoms with Crippen LogP contribution in [0.4, 0.5) is 9.93 Å². The lowest BCUT2D eigenvalue weighted by molar-refractivity contribution is 0.133. The molecule has 1 fully saturated rings. The molecule has 2 aromatic carbocycles. The summed E-state index contributed by atoms with van der Waals surface area (Å²) in [5, 5.41) is 23.3. The van der Waals surface area contributed by atoms with Crippen molar-refractivity contribution < 1.29 is 23.1 Å². The van der Waals surface area contributed by atoms with Crippen LogP contribution in [-0.2, 0) is 10.0 Å². The molecule has 0 aliphatic carbocycles. The molecule has 1 aliphatic rings. The Kier molecular flexibility index (Phi) is 7.99. The van der Waals surface area contributed by atoms with Gasteiger partial charge in [-0.2, -0.15) is 0 Å². The molecule has 228 valence electrons. The van der Waals surface area contributed by atoms with Gasteiger partial charge in [0.25, 0.3) is 10.0 Å². The summed E-state index contributed by atoms with van der Waals surface area (Å²) in [6.07, 6.45) is 2.22. The van der Waals surface area contributed by atoms with E-state index in [-0.39, 0.29) is 17.0 Å². The SMILES string of the molecule is Cc1ccc(S(=O)(=O)n2cc(-c3cccc(OC(C)C)n3)c3cc(-c4nnc(NC5CCCN(C(=O)O)C5)s4)ccc32)cc1. The van der Waals surface area contributed by atoms with Gasteiger partial charge in [0, 0.05) is 47.9 Å². The molecule has 2 N–H and O–H groups in total. The van der Waals surface area contributed by atoms with Gasteiger partial charge in [0.1, 0.15) is 5.01 Å². The van der Waals surface area contributed by atoms with Crippen molar-refractivity contribution in [1.29, 1.82) is 0 Å². The molecule has 0 radical (unpaired) electrons. The van der Waals surface area contributed by atoms with Crippen LogP contribution in [0.25, 0.3) is 32.7 Å². The number of nitrogens with zero attached hydrogens (tertiary/aromatic N) is 5. The highest BCUT2D eigenvalue weighted by atomic mass is 32.2. The first-order valence-electron chi connectivity index (χ1n) is 14.3. The van der Waals surface area contributed by atoms with Crippen LogP contribution in [0.1, 0.15) is 32.3 Å². The number of amides is 1. The molecular formula is C31H32N6O5S2. The highest BCUT2D eigenvalue weighted by Crippen LogP contribution is 2.37. The normalized spacial score (nSPS) is 15.5. The van der Waals surface area contributed by atoms with Gasteiger partial charge in [-0.25, -0.2) is 22.2 Å². The number of aromatic nitrogens is 4. The van der Waals surface area contributed by atoms with Gasteiger partial charge in [-0.3, -0.25) is 0 Å². The van der Waals surface area contributed by atoms with Crippen LogP contribution in [0.15, 0.2) is 71.8 Å². The first-order valence-corrected chi connectivity index (χ1v) is 16.5. The molecule has 13 heteroatoms. The molecule has 44 heavy (non-hydrogen) atoms. The number of carbonyl (C=O) groups is 1. The van der Waals surface area contributed by atoms with Crippen molar-refractivity contribution in [3.63, 3.8) is 0 Å². The van der Waals surface area contributed by atoms with Crippen molar-refractivity contribution in [2.75, 3.05) is 18.4 Å². The fourth-order valence-corrected chi connectivity index (χ4v) is 7.46. The van der Waals surface area contributed by atoms with Gasteiger partial charge in [-0.05, 0) is 70.0 Å². The van der Waals surface area contributed by atoms with E-state index in [1.165, 1.54) is 20.2 Å². The number of likely N-dealkylation sites (tertiary alicyclic amines) is 1. The molecule has 0 spiro atoms. The maximum absolute atomic E-state index is 13.9. The molecule has 5 aromatic rings. The summed E-state index contributed by atoms with van der Waals surface area (Å²) in [5.74, 6) is 0.444. The summed E-state index contributed by atoms with van der Waals surface area (Å²) in [5.41, 5.74) is 3.43.